The number of urea groups is 1. The Morgan fingerprint density at radius 2 is 1.60 bits per heavy atom. The Morgan fingerprint density at radius 3 is 2.17 bits per heavy atom. The van der Waals surface area contributed by atoms with Crippen molar-refractivity contribution in [1.29, 1.82) is 0 Å². The van der Waals surface area contributed by atoms with E-state index in [0.29, 0.717) is 36.9 Å². The Labute approximate surface area is 175 Å². The molecule has 0 radical (unpaired) electrons. The van der Waals surface area contributed by atoms with Crippen LogP contribution in [0.15, 0.2) is 24.3 Å². The van der Waals surface area contributed by atoms with Gasteiger partial charge in [0.2, 0.25) is 5.91 Å². The molecule has 1 saturated carbocycles. The molecule has 1 spiro atoms. The number of nitrogens with one attached hydrogen (secondary N) is 3. The van der Waals surface area contributed by atoms with Gasteiger partial charge in [0.25, 0.3) is 11.8 Å². The smallest absolute Gasteiger partial charge is 0.322 e. The summed E-state index contributed by atoms with van der Waals surface area (Å²) in [5.41, 5.74) is 0.431. The van der Waals surface area contributed by atoms with Crippen LogP contribution in [0.5, 0.6) is 0 Å². The van der Waals surface area contributed by atoms with Crippen molar-refractivity contribution in [3.63, 3.8) is 0 Å². The number of likely N-dealkylation sites (tertiary alicyclic amines) is 1. The average molecular weight is 412 g/mol. The molecule has 3 aliphatic rings. The van der Waals surface area contributed by atoms with Gasteiger partial charge >= 0.3 is 6.03 Å². The second-order valence-electron chi connectivity index (χ2n) is 8.54. The van der Waals surface area contributed by atoms with Gasteiger partial charge in [-0.15, -0.1) is 0 Å². The van der Waals surface area contributed by atoms with E-state index in [9.17, 15) is 19.2 Å². The molecule has 0 atom stereocenters. The average Bonchev–Trinajstić information content (AvgIpc) is 2.93. The molecule has 3 N–H and O–H groups in total. The molecule has 1 aromatic rings. The maximum absolute atomic E-state index is 12.7. The first-order valence-electron chi connectivity index (χ1n) is 10.8. The predicted octanol–water partition coefficient (Wildman–Crippen LogP) is 2.41. The Balaban J connectivity index is 1.31. The lowest BCUT2D eigenvalue weighted by atomic mass is 9.76. The highest BCUT2D eigenvalue weighted by atomic mass is 16.2. The summed E-state index contributed by atoms with van der Waals surface area (Å²) in [6.07, 6.45) is 6.41. The summed E-state index contributed by atoms with van der Waals surface area (Å²) in [4.78, 5) is 50.7. The normalized spacial score (nSPS) is 26.7. The minimum atomic E-state index is -0.858. The van der Waals surface area contributed by atoms with E-state index < -0.39 is 11.6 Å². The highest BCUT2D eigenvalue weighted by molar-refractivity contribution is 6.07. The van der Waals surface area contributed by atoms with E-state index in [0.717, 1.165) is 25.9 Å². The number of hydrogen-bond acceptors (Lipinski definition) is 4. The van der Waals surface area contributed by atoms with Crippen molar-refractivity contribution in [2.75, 3.05) is 18.4 Å². The van der Waals surface area contributed by atoms with Crippen LogP contribution < -0.4 is 16.0 Å². The largest absolute Gasteiger partial charge is 0.339 e. The van der Waals surface area contributed by atoms with Crippen LogP contribution in [0.1, 0.15) is 61.7 Å². The summed E-state index contributed by atoms with van der Waals surface area (Å²) in [5.74, 6) is -0.555. The fourth-order valence-electron chi connectivity index (χ4n) is 4.65. The third-order valence-corrected chi connectivity index (χ3v) is 6.52. The van der Waals surface area contributed by atoms with Crippen LogP contribution in [0, 0.1) is 5.92 Å². The number of hydrogen-bond donors (Lipinski definition) is 3. The van der Waals surface area contributed by atoms with Gasteiger partial charge in [-0.3, -0.25) is 19.7 Å². The van der Waals surface area contributed by atoms with E-state index in [4.69, 9.17) is 0 Å². The van der Waals surface area contributed by atoms with Crippen LogP contribution in [0.2, 0.25) is 0 Å². The lowest BCUT2D eigenvalue weighted by Crippen LogP contribution is -2.50. The minimum Gasteiger partial charge on any atom is -0.339 e. The Hall–Kier alpha value is -2.90. The van der Waals surface area contributed by atoms with Crippen LogP contribution in [-0.2, 0) is 9.59 Å². The first-order chi connectivity index (χ1) is 14.5. The van der Waals surface area contributed by atoms with Crippen molar-refractivity contribution in [2.45, 2.75) is 56.9 Å². The van der Waals surface area contributed by atoms with Crippen LogP contribution in [-0.4, -0.2) is 47.3 Å². The first-order valence-corrected chi connectivity index (χ1v) is 10.8. The number of imide groups is 1. The van der Waals surface area contributed by atoms with Gasteiger partial charge < -0.3 is 15.5 Å². The van der Waals surface area contributed by atoms with Crippen LogP contribution in [0.3, 0.4) is 0 Å². The molecule has 1 aromatic carbocycles. The maximum atomic E-state index is 12.7. The minimum absolute atomic E-state index is 0.0456. The van der Waals surface area contributed by atoms with Crippen molar-refractivity contribution in [3.8, 4) is 0 Å². The molecule has 2 heterocycles. The molecule has 0 bridgehead atoms. The third kappa shape index (κ3) is 4.17. The number of nitrogens with zero attached hydrogens (tertiary/aromatic N) is 1. The van der Waals surface area contributed by atoms with Crippen molar-refractivity contribution in [1.82, 2.24) is 15.5 Å². The second kappa shape index (κ2) is 8.45. The Morgan fingerprint density at radius 1 is 0.967 bits per heavy atom. The van der Waals surface area contributed by atoms with Gasteiger partial charge in [-0.25, -0.2) is 4.79 Å². The fourth-order valence-corrected chi connectivity index (χ4v) is 4.65. The summed E-state index contributed by atoms with van der Waals surface area (Å²) in [5, 5.41) is 7.91. The quantitative estimate of drug-likeness (QED) is 0.663. The number of anilines is 1. The van der Waals surface area contributed by atoms with Gasteiger partial charge in [0.15, 0.2) is 0 Å². The molecule has 2 aliphatic heterocycles. The zero-order valence-corrected chi connectivity index (χ0v) is 17.0. The molecule has 0 aromatic heterocycles. The highest BCUT2D eigenvalue weighted by Gasteiger charge is 2.48. The van der Waals surface area contributed by atoms with E-state index in [1.54, 1.807) is 24.3 Å². The highest BCUT2D eigenvalue weighted by Crippen LogP contribution is 2.34. The van der Waals surface area contributed by atoms with Crippen molar-refractivity contribution in [3.05, 3.63) is 29.8 Å². The van der Waals surface area contributed by atoms with E-state index >= 15 is 0 Å². The summed E-state index contributed by atoms with van der Waals surface area (Å²) in [6.45, 7) is 1.61. The van der Waals surface area contributed by atoms with E-state index in [2.05, 4.69) is 16.0 Å². The van der Waals surface area contributed by atoms with Crippen LogP contribution >= 0.6 is 0 Å². The zero-order valence-electron chi connectivity index (χ0n) is 17.0. The molecule has 8 heteroatoms. The van der Waals surface area contributed by atoms with Gasteiger partial charge in [-0.1, -0.05) is 12.8 Å². The van der Waals surface area contributed by atoms with E-state index in [1.165, 1.54) is 12.8 Å². The van der Waals surface area contributed by atoms with Crippen molar-refractivity contribution < 1.29 is 19.2 Å². The lowest BCUT2D eigenvalue weighted by molar-refractivity contribution is -0.128. The number of benzene rings is 1. The summed E-state index contributed by atoms with van der Waals surface area (Å²) in [6, 6.07) is 6.59. The van der Waals surface area contributed by atoms with Gasteiger partial charge in [0.1, 0.15) is 5.54 Å². The SMILES string of the molecule is O=C1NC(=O)C2(CCC(C(=O)Nc3ccc(C(=O)N4CCCCCC4)cc3)CC2)N1. The topological polar surface area (TPSA) is 108 Å². The predicted molar refractivity (Wildman–Crippen MR) is 111 cm³/mol. The molecule has 160 valence electrons. The lowest BCUT2D eigenvalue weighted by Gasteiger charge is -2.33. The molecular formula is C22H28N4O4. The van der Waals surface area contributed by atoms with Gasteiger partial charge in [0.05, 0.1) is 0 Å². The van der Waals surface area contributed by atoms with Crippen molar-refractivity contribution >= 4 is 29.4 Å². The van der Waals surface area contributed by atoms with Crippen LogP contribution in [0.4, 0.5) is 10.5 Å². The van der Waals surface area contributed by atoms with E-state index in [1.807, 2.05) is 4.90 Å². The summed E-state index contributed by atoms with van der Waals surface area (Å²) in [7, 11) is 0. The monoisotopic (exact) mass is 412 g/mol. The number of amides is 5. The van der Waals surface area contributed by atoms with Crippen molar-refractivity contribution in [2.24, 2.45) is 5.92 Å². The molecule has 8 nitrogen and oxygen atoms in total. The molecule has 30 heavy (non-hydrogen) atoms. The molecule has 3 fully saturated rings. The summed E-state index contributed by atoms with van der Waals surface area (Å²) >= 11 is 0. The van der Waals surface area contributed by atoms with Gasteiger partial charge in [-0.2, -0.15) is 0 Å². The molecule has 0 unspecified atom stereocenters. The van der Waals surface area contributed by atoms with E-state index in [-0.39, 0.29) is 23.6 Å². The molecule has 1 aliphatic carbocycles. The maximum Gasteiger partial charge on any atom is 0.322 e. The number of rotatable bonds is 3. The van der Waals surface area contributed by atoms with Gasteiger partial charge in [-0.05, 0) is 62.8 Å². The van der Waals surface area contributed by atoms with Crippen LogP contribution in [0.25, 0.3) is 0 Å². The summed E-state index contributed by atoms with van der Waals surface area (Å²) < 4.78 is 0. The van der Waals surface area contributed by atoms with Gasteiger partial charge in [0, 0.05) is 30.3 Å². The number of carbonyl (C=O) groups excluding carboxylic acids is 4. The first kappa shape index (κ1) is 20.4. The third-order valence-electron chi connectivity index (χ3n) is 6.52. The molecule has 4 rings (SSSR count). The Kier molecular flexibility index (Phi) is 5.74. The zero-order chi connectivity index (χ0) is 21.1. The standard InChI is InChI=1S/C22H28N4O4/c27-18(15-9-11-22(12-10-15)20(29)24-21(30)25-22)23-17-7-5-16(6-8-17)19(28)26-13-3-1-2-4-14-26/h5-8,15H,1-4,9-14H2,(H,23,27)(H2,24,25,29,30). The molecule has 2 saturated heterocycles. The fraction of sp³-hybridized carbons (Fsp3) is 0.545. The molecule has 5 amide bonds. The Bertz CT molecular complexity index is 835. The second-order valence-corrected chi connectivity index (χ2v) is 8.54. The molecular weight excluding hydrogens is 384 g/mol. The number of carbonyl (C=O) groups is 4.